The maximum atomic E-state index is 12.5. The summed E-state index contributed by atoms with van der Waals surface area (Å²) >= 11 is 0. The van der Waals surface area contributed by atoms with E-state index < -0.39 is 12.0 Å². The summed E-state index contributed by atoms with van der Waals surface area (Å²) in [4.78, 5) is 0. The van der Waals surface area contributed by atoms with Gasteiger partial charge in [0.05, 0.1) is 6.04 Å². The Morgan fingerprint density at radius 3 is 2.69 bits per heavy atom. The number of halogens is 4. The first-order valence-corrected chi connectivity index (χ1v) is 4.74. The van der Waals surface area contributed by atoms with Crippen molar-refractivity contribution in [3.8, 4) is 0 Å². The number of rotatable bonds is 0. The quantitative estimate of drug-likeness (QED) is 0.769. The van der Waals surface area contributed by atoms with Crippen molar-refractivity contribution in [2.24, 2.45) is 0 Å². The average Bonchev–Trinajstić information content (AvgIpc) is 2.48. The van der Waals surface area contributed by atoms with Crippen LogP contribution in [0.4, 0.5) is 13.2 Å². The van der Waals surface area contributed by atoms with Crippen LogP contribution in [0.25, 0.3) is 0 Å². The van der Waals surface area contributed by atoms with E-state index in [0.717, 1.165) is 4.57 Å². The van der Waals surface area contributed by atoms with E-state index in [9.17, 15) is 13.2 Å². The van der Waals surface area contributed by atoms with E-state index in [2.05, 4.69) is 15.5 Å². The fraction of sp³-hybridized carbons (Fsp3) is 0.750. The van der Waals surface area contributed by atoms with Gasteiger partial charge in [-0.3, -0.25) is 0 Å². The Morgan fingerprint density at radius 2 is 2.06 bits per heavy atom. The molecule has 4 nitrogen and oxygen atoms in total. The number of fused-ring (bicyclic) bond motifs is 1. The Balaban J connectivity index is 0.00000128. The minimum Gasteiger partial charge on any atom is -0.307 e. The van der Waals surface area contributed by atoms with Crippen molar-refractivity contribution in [2.45, 2.75) is 32.1 Å². The third kappa shape index (κ3) is 2.30. The molecule has 1 aliphatic rings. The van der Waals surface area contributed by atoms with Crippen LogP contribution in [0.3, 0.4) is 0 Å². The van der Waals surface area contributed by atoms with Gasteiger partial charge in [0.2, 0.25) is 5.82 Å². The SMILES string of the molecule is CC1NCCCn2c1nnc2C(F)(F)F.Cl. The Morgan fingerprint density at radius 1 is 1.38 bits per heavy atom. The van der Waals surface area contributed by atoms with Crippen molar-refractivity contribution in [1.82, 2.24) is 20.1 Å². The average molecular weight is 257 g/mol. The van der Waals surface area contributed by atoms with Crippen LogP contribution in [0.5, 0.6) is 0 Å². The fourth-order valence-corrected chi connectivity index (χ4v) is 1.71. The molecular formula is C8H12ClF3N4. The Bertz CT molecular complexity index is 363. The summed E-state index contributed by atoms with van der Waals surface area (Å²) < 4.78 is 38.7. The van der Waals surface area contributed by atoms with Gasteiger partial charge in [-0.1, -0.05) is 0 Å². The largest absolute Gasteiger partial charge is 0.451 e. The van der Waals surface area contributed by atoms with Gasteiger partial charge < -0.3 is 9.88 Å². The predicted molar refractivity (Wildman–Crippen MR) is 53.3 cm³/mol. The first-order chi connectivity index (χ1) is 7.00. The first-order valence-electron chi connectivity index (χ1n) is 4.74. The van der Waals surface area contributed by atoms with E-state index in [1.54, 1.807) is 6.92 Å². The molecule has 1 atom stereocenters. The van der Waals surface area contributed by atoms with Crippen molar-refractivity contribution in [2.75, 3.05) is 6.54 Å². The van der Waals surface area contributed by atoms with Crippen molar-refractivity contribution >= 4 is 12.4 Å². The Hall–Kier alpha value is -0.820. The van der Waals surface area contributed by atoms with Gasteiger partial charge in [-0.25, -0.2) is 0 Å². The molecule has 92 valence electrons. The summed E-state index contributed by atoms with van der Waals surface area (Å²) in [6.45, 7) is 2.79. The third-order valence-electron chi connectivity index (χ3n) is 2.43. The van der Waals surface area contributed by atoms with E-state index in [1.165, 1.54) is 0 Å². The van der Waals surface area contributed by atoms with Crippen LogP contribution >= 0.6 is 12.4 Å². The molecule has 8 heteroatoms. The lowest BCUT2D eigenvalue weighted by Gasteiger charge is -2.10. The maximum absolute atomic E-state index is 12.5. The van der Waals surface area contributed by atoms with Gasteiger partial charge >= 0.3 is 6.18 Å². The van der Waals surface area contributed by atoms with Crippen LogP contribution in [0.2, 0.25) is 0 Å². The number of hydrogen-bond acceptors (Lipinski definition) is 3. The molecule has 0 aromatic carbocycles. The van der Waals surface area contributed by atoms with Crippen molar-refractivity contribution in [3.63, 3.8) is 0 Å². The molecule has 0 radical (unpaired) electrons. The number of alkyl halides is 3. The standard InChI is InChI=1S/C8H11F3N4.ClH/c1-5-6-13-14-7(8(9,10)11)15(6)4-2-3-12-5;/h5,12H,2-4H2,1H3;1H. The second-order valence-electron chi connectivity index (χ2n) is 3.56. The summed E-state index contributed by atoms with van der Waals surface area (Å²) in [7, 11) is 0. The van der Waals surface area contributed by atoms with Crippen LogP contribution in [0.1, 0.15) is 31.0 Å². The Labute approximate surface area is 96.6 Å². The van der Waals surface area contributed by atoms with E-state index in [4.69, 9.17) is 0 Å². The predicted octanol–water partition coefficient (Wildman–Crippen LogP) is 1.77. The zero-order chi connectivity index (χ0) is 11.1. The molecule has 0 saturated carbocycles. The molecule has 0 saturated heterocycles. The van der Waals surface area contributed by atoms with Gasteiger partial charge in [-0.15, -0.1) is 22.6 Å². The molecule has 0 amide bonds. The van der Waals surface area contributed by atoms with E-state index >= 15 is 0 Å². The summed E-state index contributed by atoms with van der Waals surface area (Å²) in [6, 6.07) is -0.184. The van der Waals surface area contributed by atoms with Crippen LogP contribution in [0, 0.1) is 0 Å². The molecule has 2 rings (SSSR count). The zero-order valence-electron chi connectivity index (χ0n) is 8.58. The molecule has 2 heterocycles. The molecule has 0 fully saturated rings. The second kappa shape index (κ2) is 4.58. The van der Waals surface area contributed by atoms with Crippen molar-refractivity contribution < 1.29 is 13.2 Å². The Kier molecular flexibility index (Phi) is 3.80. The summed E-state index contributed by atoms with van der Waals surface area (Å²) in [5.74, 6) is -0.534. The van der Waals surface area contributed by atoms with E-state index in [0.29, 0.717) is 25.3 Å². The highest BCUT2D eigenvalue weighted by Crippen LogP contribution is 2.30. The van der Waals surface area contributed by atoms with Gasteiger partial charge in [-0.2, -0.15) is 13.2 Å². The molecule has 1 aromatic heterocycles. The highest BCUT2D eigenvalue weighted by atomic mass is 35.5. The molecule has 0 bridgehead atoms. The molecule has 1 aliphatic heterocycles. The van der Waals surface area contributed by atoms with Crippen LogP contribution in [-0.2, 0) is 12.7 Å². The van der Waals surface area contributed by atoms with Gasteiger partial charge in [0.15, 0.2) is 0 Å². The smallest absolute Gasteiger partial charge is 0.307 e. The minimum absolute atomic E-state index is 0. The normalized spacial score (nSPS) is 20.9. The highest BCUT2D eigenvalue weighted by molar-refractivity contribution is 5.85. The summed E-state index contributed by atoms with van der Waals surface area (Å²) in [5, 5.41) is 9.88. The topological polar surface area (TPSA) is 42.7 Å². The summed E-state index contributed by atoms with van der Waals surface area (Å²) in [6.07, 6.45) is -3.77. The van der Waals surface area contributed by atoms with Crippen LogP contribution in [-0.4, -0.2) is 21.3 Å². The molecule has 1 unspecified atom stereocenters. The second-order valence-corrected chi connectivity index (χ2v) is 3.56. The molecule has 1 aromatic rings. The van der Waals surface area contributed by atoms with Gasteiger partial charge in [0.1, 0.15) is 5.82 Å². The van der Waals surface area contributed by atoms with Gasteiger partial charge in [-0.05, 0) is 19.9 Å². The monoisotopic (exact) mass is 256 g/mol. The van der Waals surface area contributed by atoms with Crippen molar-refractivity contribution in [3.05, 3.63) is 11.6 Å². The zero-order valence-corrected chi connectivity index (χ0v) is 9.40. The molecule has 16 heavy (non-hydrogen) atoms. The maximum Gasteiger partial charge on any atom is 0.451 e. The summed E-state index contributed by atoms with van der Waals surface area (Å²) in [5.41, 5.74) is 0. The molecule has 0 spiro atoms. The number of hydrogen-bond donors (Lipinski definition) is 1. The fourth-order valence-electron chi connectivity index (χ4n) is 1.71. The highest BCUT2D eigenvalue weighted by Gasteiger charge is 2.39. The van der Waals surface area contributed by atoms with Crippen LogP contribution < -0.4 is 5.32 Å². The lowest BCUT2D eigenvalue weighted by molar-refractivity contribution is -0.147. The molecular weight excluding hydrogens is 245 g/mol. The third-order valence-corrected chi connectivity index (χ3v) is 2.43. The molecule has 1 N–H and O–H groups in total. The first kappa shape index (κ1) is 13.2. The number of aromatic nitrogens is 3. The lowest BCUT2D eigenvalue weighted by Crippen LogP contribution is -2.19. The van der Waals surface area contributed by atoms with Gasteiger partial charge in [0.25, 0.3) is 0 Å². The lowest BCUT2D eigenvalue weighted by atomic mass is 10.3. The van der Waals surface area contributed by atoms with E-state index in [1.807, 2.05) is 0 Å². The van der Waals surface area contributed by atoms with Crippen LogP contribution in [0.15, 0.2) is 0 Å². The van der Waals surface area contributed by atoms with Gasteiger partial charge in [0, 0.05) is 6.54 Å². The van der Waals surface area contributed by atoms with Crippen molar-refractivity contribution in [1.29, 1.82) is 0 Å². The number of nitrogens with zero attached hydrogens (tertiary/aromatic N) is 3. The van der Waals surface area contributed by atoms with E-state index in [-0.39, 0.29) is 18.4 Å². The minimum atomic E-state index is -4.42. The molecule has 0 aliphatic carbocycles. The number of nitrogens with one attached hydrogen (secondary N) is 1.